The zero-order valence-corrected chi connectivity index (χ0v) is 11.9. The minimum Gasteiger partial charge on any atom is -0.322 e. The molecule has 1 aromatic rings. The van der Waals surface area contributed by atoms with Crippen LogP contribution in [0.2, 0.25) is 0 Å². The van der Waals surface area contributed by atoms with Crippen molar-refractivity contribution < 1.29 is 4.79 Å². The number of hydrogen-bond acceptors (Lipinski definition) is 1. The molecular formula is C16H22N2O. The number of amides is 2. The minimum atomic E-state index is -0.564. The molecule has 3 heteroatoms. The quantitative estimate of drug-likeness (QED) is 0.779. The van der Waals surface area contributed by atoms with Crippen LogP contribution >= 0.6 is 0 Å². The first-order chi connectivity index (χ1) is 9.10. The number of urea groups is 1. The molecule has 19 heavy (non-hydrogen) atoms. The summed E-state index contributed by atoms with van der Waals surface area (Å²) < 4.78 is 0. The van der Waals surface area contributed by atoms with Crippen LogP contribution in [0.5, 0.6) is 0 Å². The number of nitrogens with one attached hydrogen (secondary N) is 2. The molecule has 0 aliphatic rings. The SMILES string of the molecule is C#CC(CC)(CC)NC(=O)Nc1ccccc1CC. The molecule has 0 aliphatic heterocycles. The number of terminal acetylenes is 1. The van der Waals surface area contributed by atoms with Crippen LogP contribution in [0.1, 0.15) is 39.2 Å². The molecule has 0 unspecified atom stereocenters. The Hall–Kier alpha value is -1.95. The number of para-hydroxylation sites is 1. The number of carbonyl (C=O) groups is 1. The lowest BCUT2D eigenvalue weighted by atomic mass is 9.94. The number of benzene rings is 1. The van der Waals surface area contributed by atoms with Gasteiger partial charge in [-0.2, -0.15) is 0 Å². The zero-order chi connectivity index (χ0) is 14.3. The Morgan fingerprint density at radius 1 is 1.26 bits per heavy atom. The lowest BCUT2D eigenvalue weighted by Gasteiger charge is -2.27. The molecule has 0 saturated heterocycles. The van der Waals surface area contributed by atoms with E-state index in [1.807, 2.05) is 38.1 Å². The van der Waals surface area contributed by atoms with Gasteiger partial charge in [0.05, 0.1) is 0 Å². The third kappa shape index (κ3) is 3.75. The molecule has 0 spiro atoms. The Balaban J connectivity index is 2.78. The van der Waals surface area contributed by atoms with Gasteiger partial charge in [-0.15, -0.1) is 6.42 Å². The van der Waals surface area contributed by atoms with Crippen molar-refractivity contribution in [1.29, 1.82) is 0 Å². The second-order valence-electron chi connectivity index (χ2n) is 4.52. The standard InChI is InChI=1S/C16H22N2O/c1-5-13-11-9-10-12-14(13)17-15(19)18-16(6-2,7-3)8-4/h2,9-12H,5,7-8H2,1,3-4H3,(H2,17,18,19). The summed E-state index contributed by atoms with van der Waals surface area (Å²) in [4.78, 5) is 12.1. The molecule has 2 N–H and O–H groups in total. The third-order valence-electron chi connectivity index (χ3n) is 3.48. The van der Waals surface area contributed by atoms with Gasteiger partial charge in [0.25, 0.3) is 0 Å². The Labute approximate surface area is 115 Å². The Morgan fingerprint density at radius 2 is 1.89 bits per heavy atom. The van der Waals surface area contributed by atoms with Gasteiger partial charge in [-0.1, -0.05) is 44.9 Å². The van der Waals surface area contributed by atoms with Crippen LogP contribution in [0.3, 0.4) is 0 Å². The largest absolute Gasteiger partial charge is 0.322 e. The number of aryl methyl sites for hydroxylation is 1. The van der Waals surface area contributed by atoms with Crippen molar-refractivity contribution in [3.8, 4) is 12.3 Å². The predicted molar refractivity (Wildman–Crippen MR) is 80.1 cm³/mol. The maximum Gasteiger partial charge on any atom is 0.320 e. The molecule has 0 fully saturated rings. The van der Waals surface area contributed by atoms with Crippen molar-refractivity contribution in [1.82, 2.24) is 5.32 Å². The molecule has 2 amide bonds. The van der Waals surface area contributed by atoms with Crippen molar-refractivity contribution in [2.24, 2.45) is 0 Å². The van der Waals surface area contributed by atoms with E-state index in [4.69, 9.17) is 6.42 Å². The van der Waals surface area contributed by atoms with E-state index >= 15 is 0 Å². The maximum atomic E-state index is 12.1. The lowest BCUT2D eigenvalue weighted by Crippen LogP contribution is -2.48. The Morgan fingerprint density at radius 3 is 2.42 bits per heavy atom. The van der Waals surface area contributed by atoms with Crippen molar-refractivity contribution in [2.75, 3.05) is 5.32 Å². The smallest absolute Gasteiger partial charge is 0.320 e. The van der Waals surface area contributed by atoms with Gasteiger partial charge >= 0.3 is 6.03 Å². The molecule has 0 radical (unpaired) electrons. The fourth-order valence-corrected chi connectivity index (χ4v) is 1.99. The van der Waals surface area contributed by atoms with Crippen LogP contribution in [0, 0.1) is 12.3 Å². The van der Waals surface area contributed by atoms with Gasteiger partial charge in [0.2, 0.25) is 0 Å². The molecule has 102 valence electrons. The highest BCUT2D eigenvalue weighted by molar-refractivity contribution is 5.90. The van der Waals surface area contributed by atoms with E-state index in [1.165, 1.54) is 0 Å². The molecule has 0 heterocycles. The van der Waals surface area contributed by atoms with Gasteiger partial charge in [-0.3, -0.25) is 0 Å². The molecule has 0 aromatic heterocycles. The fourth-order valence-electron chi connectivity index (χ4n) is 1.99. The third-order valence-corrected chi connectivity index (χ3v) is 3.48. The average molecular weight is 258 g/mol. The molecule has 0 aliphatic carbocycles. The fraction of sp³-hybridized carbons (Fsp3) is 0.438. The highest BCUT2D eigenvalue weighted by Gasteiger charge is 2.25. The monoisotopic (exact) mass is 258 g/mol. The first-order valence-electron chi connectivity index (χ1n) is 6.75. The minimum absolute atomic E-state index is 0.248. The van der Waals surface area contributed by atoms with E-state index in [2.05, 4.69) is 23.5 Å². The van der Waals surface area contributed by atoms with Crippen LogP contribution in [0.25, 0.3) is 0 Å². The maximum absolute atomic E-state index is 12.1. The summed E-state index contributed by atoms with van der Waals surface area (Å²) in [7, 11) is 0. The highest BCUT2D eigenvalue weighted by Crippen LogP contribution is 2.17. The van der Waals surface area contributed by atoms with E-state index in [0.717, 1.165) is 17.7 Å². The van der Waals surface area contributed by atoms with Gasteiger partial charge in [-0.05, 0) is 30.9 Å². The zero-order valence-electron chi connectivity index (χ0n) is 11.9. The summed E-state index contributed by atoms with van der Waals surface area (Å²) in [6, 6.07) is 7.52. The summed E-state index contributed by atoms with van der Waals surface area (Å²) in [5.74, 6) is 2.69. The van der Waals surface area contributed by atoms with E-state index in [-0.39, 0.29) is 6.03 Å². The second kappa shape index (κ2) is 6.84. The lowest BCUT2D eigenvalue weighted by molar-refractivity contribution is 0.242. The summed E-state index contributed by atoms with van der Waals surface area (Å²) in [6.07, 6.45) is 7.83. The normalized spacial score (nSPS) is 10.6. The van der Waals surface area contributed by atoms with Crippen molar-refractivity contribution in [3.05, 3.63) is 29.8 Å². The van der Waals surface area contributed by atoms with E-state index < -0.39 is 5.54 Å². The summed E-state index contributed by atoms with van der Waals surface area (Å²) in [5, 5.41) is 5.77. The van der Waals surface area contributed by atoms with Crippen LogP contribution < -0.4 is 10.6 Å². The van der Waals surface area contributed by atoms with E-state index in [9.17, 15) is 4.79 Å². The summed E-state index contributed by atoms with van der Waals surface area (Å²) in [6.45, 7) is 6.01. The predicted octanol–water partition coefficient (Wildman–Crippen LogP) is 3.56. The van der Waals surface area contributed by atoms with Crippen LogP contribution in [0.15, 0.2) is 24.3 Å². The van der Waals surface area contributed by atoms with Crippen molar-refractivity contribution in [2.45, 2.75) is 45.6 Å². The molecule has 3 nitrogen and oxygen atoms in total. The van der Waals surface area contributed by atoms with Crippen LogP contribution in [-0.2, 0) is 6.42 Å². The van der Waals surface area contributed by atoms with Gasteiger partial charge in [0.15, 0.2) is 0 Å². The molecule has 0 atom stereocenters. The summed E-state index contributed by atoms with van der Waals surface area (Å²) in [5.41, 5.74) is 1.38. The van der Waals surface area contributed by atoms with E-state index in [1.54, 1.807) is 0 Å². The van der Waals surface area contributed by atoms with Crippen molar-refractivity contribution >= 4 is 11.7 Å². The van der Waals surface area contributed by atoms with Gasteiger partial charge < -0.3 is 10.6 Å². The number of hydrogen-bond donors (Lipinski definition) is 2. The molecule has 1 aromatic carbocycles. The molecular weight excluding hydrogens is 236 g/mol. The van der Waals surface area contributed by atoms with Crippen LogP contribution in [0.4, 0.5) is 10.5 Å². The second-order valence-corrected chi connectivity index (χ2v) is 4.52. The first kappa shape index (κ1) is 15.1. The van der Waals surface area contributed by atoms with Gasteiger partial charge in [-0.25, -0.2) is 4.79 Å². The molecule has 0 saturated carbocycles. The summed E-state index contributed by atoms with van der Waals surface area (Å²) >= 11 is 0. The molecule has 1 rings (SSSR count). The first-order valence-corrected chi connectivity index (χ1v) is 6.75. The highest BCUT2D eigenvalue weighted by atomic mass is 16.2. The number of anilines is 1. The van der Waals surface area contributed by atoms with Crippen molar-refractivity contribution in [3.63, 3.8) is 0 Å². The Bertz CT molecular complexity index is 470. The van der Waals surface area contributed by atoms with Crippen LogP contribution in [-0.4, -0.2) is 11.6 Å². The number of rotatable bonds is 5. The Kier molecular flexibility index (Phi) is 5.44. The van der Waals surface area contributed by atoms with Gasteiger partial charge in [0, 0.05) is 5.69 Å². The number of carbonyl (C=O) groups excluding carboxylic acids is 1. The van der Waals surface area contributed by atoms with E-state index in [0.29, 0.717) is 12.8 Å². The molecule has 0 bridgehead atoms. The van der Waals surface area contributed by atoms with Gasteiger partial charge in [0.1, 0.15) is 5.54 Å². The average Bonchev–Trinajstić information content (AvgIpc) is 2.45. The topological polar surface area (TPSA) is 41.1 Å².